The van der Waals surface area contributed by atoms with Gasteiger partial charge in [-0.15, -0.1) is 0 Å². The fraction of sp³-hybridized carbons (Fsp3) is 0.345. The summed E-state index contributed by atoms with van der Waals surface area (Å²) in [4.78, 5) is 35.2. The number of alkyl halides is 3. The zero-order valence-corrected chi connectivity index (χ0v) is 21.6. The third-order valence-corrected chi connectivity index (χ3v) is 6.75. The second kappa shape index (κ2) is 11.8. The second-order valence-electron chi connectivity index (χ2n) is 9.71. The Morgan fingerprint density at radius 2 is 1.82 bits per heavy atom. The molecule has 5 rings (SSSR count). The average Bonchev–Trinajstić information content (AvgIpc) is 3.67. The highest BCUT2D eigenvalue weighted by Gasteiger charge is 2.35. The predicted octanol–water partition coefficient (Wildman–Crippen LogP) is 4.02. The van der Waals surface area contributed by atoms with Crippen LogP contribution in [0.15, 0.2) is 54.7 Å². The van der Waals surface area contributed by atoms with Gasteiger partial charge in [0.25, 0.3) is 0 Å². The number of hydrogen-bond donors (Lipinski definition) is 2. The molecular weight excluding hydrogens is 523 g/mol. The van der Waals surface area contributed by atoms with Crippen molar-refractivity contribution in [3.63, 3.8) is 0 Å². The van der Waals surface area contributed by atoms with Crippen LogP contribution >= 0.6 is 0 Å². The monoisotopic (exact) mass is 551 g/mol. The van der Waals surface area contributed by atoms with Crippen molar-refractivity contribution in [1.82, 2.24) is 19.8 Å². The maximum Gasteiger partial charge on any atom is 0.432 e. The van der Waals surface area contributed by atoms with E-state index < -0.39 is 17.8 Å². The maximum absolute atomic E-state index is 13.1. The molecule has 40 heavy (non-hydrogen) atoms. The van der Waals surface area contributed by atoms with Crippen LogP contribution in [0.5, 0.6) is 5.75 Å². The topological polar surface area (TPSA) is 90.6 Å². The summed E-state index contributed by atoms with van der Waals surface area (Å²) < 4.78 is 45.2. The van der Waals surface area contributed by atoms with E-state index in [1.165, 1.54) is 6.07 Å². The van der Waals surface area contributed by atoms with Crippen LogP contribution in [0.2, 0.25) is 0 Å². The van der Waals surface area contributed by atoms with E-state index in [0.717, 1.165) is 32.1 Å². The lowest BCUT2D eigenvalue weighted by atomic mass is 10.1. The predicted molar refractivity (Wildman–Crippen MR) is 142 cm³/mol. The van der Waals surface area contributed by atoms with Crippen LogP contribution in [0.3, 0.4) is 0 Å². The summed E-state index contributed by atoms with van der Waals surface area (Å²) in [7, 11) is 0. The number of nitrogens with zero attached hydrogens (tertiary/aromatic N) is 3. The lowest BCUT2D eigenvalue weighted by Gasteiger charge is -2.34. The normalized spacial score (nSPS) is 15.7. The molecule has 2 heterocycles. The van der Waals surface area contributed by atoms with Gasteiger partial charge < -0.3 is 19.9 Å². The first-order valence-electron chi connectivity index (χ1n) is 13.0. The van der Waals surface area contributed by atoms with Crippen molar-refractivity contribution in [3.8, 4) is 29.0 Å². The Bertz CT molecular complexity index is 1420. The summed E-state index contributed by atoms with van der Waals surface area (Å²) in [6.45, 7) is 3.80. The lowest BCUT2D eigenvalue weighted by Crippen LogP contribution is -2.50. The highest BCUT2D eigenvalue weighted by Crippen LogP contribution is 2.33. The molecule has 2 fully saturated rings. The molecule has 0 bridgehead atoms. The zero-order valence-electron chi connectivity index (χ0n) is 21.6. The van der Waals surface area contributed by atoms with Gasteiger partial charge in [-0.05, 0) is 43.2 Å². The van der Waals surface area contributed by atoms with E-state index in [2.05, 4.69) is 32.0 Å². The fourth-order valence-electron chi connectivity index (χ4n) is 4.38. The number of H-pyrrole nitrogens is 1. The Morgan fingerprint density at radius 1 is 1.07 bits per heavy atom. The molecule has 2 N–H and O–H groups in total. The quantitative estimate of drug-likeness (QED) is 0.433. The minimum atomic E-state index is -4.56. The van der Waals surface area contributed by atoms with Gasteiger partial charge >= 0.3 is 12.1 Å². The highest BCUT2D eigenvalue weighted by atomic mass is 19.4. The summed E-state index contributed by atoms with van der Waals surface area (Å²) in [5.74, 6) is 5.52. The summed E-state index contributed by atoms with van der Waals surface area (Å²) in [6, 6.07) is 13.6. The number of carbonyl (C=O) groups is 2. The third-order valence-electron chi connectivity index (χ3n) is 6.75. The number of amides is 2. The molecule has 2 amide bonds. The molecule has 0 radical (unpaired) electrons. The Hall–Kier alpha value is -4.30. The molecule has 208 valence electrons. The summed E-state index contributed by atoms with van der Waals surface area (Å²) in [5.41, 5.74) is 0.290. The van der Waals surface area contributed by atoms with Crippen molar-refractivity contribution in [3.05, 3.63) is 66.0 Å². The molecule has 0 spiro atoms. The molecule has 1 saturated carbocycles. The smallest absolute Gasteiger partial charge is 0.432 e. The van der Waals surface area contributed by atoms with Crippen molar-refractivity contribution < 1.29 is 27.5 Å². The molecule has 8 nitrogen and oxygen atoms in total. The number of ether oxygens (including phenoxy) is 1. The second-order valence-corrected chi connectivity index (χ2v) is 9.71. The van der Waals surface area contributed by atoms with E-state index >= 15 is 0 Å². The van der Waals surface area contributed by atoms with Crippen molar-refractivity contribution in [2.45, 2.75) is 19.0 Å². The molecule has 2 aliphatic rings. The summed E-state index contributed by atoms with van der Waals surface area (Å²) >= 11 is 0. The molecule has 1 aromatic heterocycles. The zero-order chi connectivity index (χ0) is 28.1. The van der Waals surface area contributed by atoms with E-state index in [1.807, 2.05) is 11.0 Å². The molecule has 1 aliphatic heterocycles. The minimum absolute atomic E-state index is 0.00311. The van der Waals surface area contributed by atoms with Crippen LogP contribution in [-0.4, -0.2) is 70.9 Å². The van der Waals surface area contributed by atoms with Gasteiger partial charge in [-0.25, -0.2) is 4.98 Å². The van der Waals surface area contributed by atoms with Crippen molar-refractivity contribution >= 4 is 17.5 Å². The van der Waals surface area contributed by atoms with Crippen LogP contribution in [0.1, 0.15) is 24.1 Å². The van der Waals surface area contributed by atoms with E-state index in [-0.39, 0.29) is 23.3 Å². The standard InChI is InChI=1S/C29H28F3N5O3/c30-29(31,32)25-19-33-27(35-25)22-9-10-24(23(18-22)34-26(38)11-6-20-4-2-1-3-5-20)40-17-16-36-12-14-37(15-13-36)28(39)21-7-8-21/h1-5,9-10,18-19,21H,7-8,12-17H2,(H,33,35)(H,34,38). The first-order chi connectivity index (χ1) is 19.3. The number of rotatable bonds is 7. The number of imidazole rings is 1. The number of halogens is 3. The molecule has 1 saturated heterocycles. The molecule has 0 unspecified atom stereocenters. The van der Waals surface area contributed by atoms with Gasteiger partial charge in [0.15, 0.2) is 0 Å². The first kappa shape index (κ1) is 27.3. The first-order valence-corrected chi connectivity index (χ1v) is 13.0. The molecule has 11 heteroatoms. The molecule has 3 aromatic rings. The van der Waals surface area contributed by atoms with Gasteiger partial charge in [0.2, 0.25) is 5.91 Å². The van der Waals surface area contributed by atoms with Gasteiger partial charge in [0.1, 0.15) is 23.9 Å². The lowest BCUT2D eigenvalue weighted by molar-refractivity contribution is -0.140. The Morgan fingerprint density at radius 3 is 2.50 bits per heavy atom. The van der Waals surface area contributed by atoms with Crippen molar-refractivity contribution in [2.24, 2.45) is 5.92 Å². The maximum atomic E-state index is 13.1. The third kappa shape index (κ3) is 7.01. The molecule has 2 aromatic carbocycles. The number of carbonyl (C=O) groups excluding carboxylic acids is 2. The molecule has 1 aliphatic carbocycles. The number of nitrogens with one attached hydrogen (secondary N) is 2. The Kier molecular flexibility index (Phi) is 8.07. The van der Waals surface area contributed by atoms with Crippen LogP contribution in [0, 0.1) is 17.8 Å². The van der Waals surface area contributed by atoms with Crippen molar-refractivity contribution in [2.75, 3.05) is 44.6 Å². The van der Waals surface area contributed by atoms with E-state index in [9.17, 15) is 22.8 Å². The number of benzene rings is 2. The average molecular weight is 552 g/mol. The van der Waals surface area contributed by atoms with Gasteiger partial charge in [-0.2, -0.15) is 13.2 Å². The van der Waals surface area contributed by atoms with Crippen LogP contribution in [0.4, 0.5) is 18.9 Å². The van der Waals surface area contributed by atoms with Gasteiger partial charge in [-0.3, -0.25) is 14.5 Å². The van der Waals surface area contributed by atoms with Crippen LogP contribution < -0.4 is 10.1 Å². The van der Waals surface area contributed by atoms with E-state index in [1.54, 1.807) is 36.4 Å². The fourth-order valence-corrected chi connectivity index (χ4v) is 4.38. The van der Waals surface area contributed by atoms with Crippen molar-refractivity contribution in [1.29, 1.82) is 0 Å². The SMILES string of the molecule is O=C(C#Cc1ccccc1)Nc1cc(-c2ncc(C(F)(F)F)[nH]2)ccc1OCCN1CCN(C(=O)C2CC2)CC1. The van der Waals surface area contributed by atoms with Crippen LogP contribution in [-0.2, 0) is 15.8 Å². The minimum Gasteiger partial charge on any atom is -0.490 e. The number of aromatic amines is 1. The summed E-state index contributed by atoms with van der Waals surface area (Å²) in [5, 5.41) is 2.69. The largest absolute Gasteiger partial charge is 0.490 e. The van der Waals surface area contributed by atoms with Gasteiger partial charge in [-0.1, -0.05) is 24.1 Å². The van der Waals surface area contributed by atoms with Gasteiger partial charge in [0, 0.05) is 55.7 Å². The van der Waals surface area contributed by atoms with Crippen LogP contribution in [0.25, 0.3) is 11.4 Å². The molecular formula is C29H28F3N5O3. The number of piperazine rings is 1. The molecule has 0 atom stereocenters. The van der Waals surface area contributed by atoms with E-state index in [0.29, 0.717) is 43.1 Å². The summed E-state index contributed by atoms with van der Waals surface area (Å²) in [6.07, 6.45) is -1.85. The number of anilines is 1. The Balaban J connectivity index is 1.26. The highest BCUT2D eigenvalue weighted by molar-refractivity contribution is 6.05. The number of hydrogen-bond acceptors (Lipinski definition) is 5. The Labute approximate surface area is 229 Å². The van der Waals surface area contributed by atoms with E-state index in [4.69, 9.17) is 4.74 Å². The van der Waals surface area contributed by atoms with Gasteiger partial charge in [0.05, 0.1) is 11.9 Å². The number of aromatic nitrogens is 2.